The minimum Gasteiger partial charge on any atom is -0.494 e. The smallest absolute Gasteiger partial charge is 0.254 e. The highest BCUT2D eigenvalue weighted by molar-refractivity contribution is 5.98. The highest BCUT2D eigenvalue weighted by atomic mass is 16.5. The third-order valence-corrected chi connectivity index (χ3v) is 3.31. The Labute approximate surface area is 125 Å². The van der Waals surface area contributed by atoms with Gasteiger partial charge in [0.2, 0.25) is 0 Å². The van der Waals surface area contributed by atoms with Crippen molar-refractivity contribution in [2.24, 2.45) is 10.9 Å². The lowest BCUT2D eigenvalue weighted by Gasteiger charge is -2.23. The van der Waals surface area contributed by atoms with Crippen LogP contribution in [0, 0.1) is 0 Å². The van der Waals surface area contributed by atoms with E-state index in [1.54, 1.807) is 38.2 Å². The second-order valence-electron chi connectivity index (χ2n) is 4.84. The van der Waals surface area contributed by atoms with E-state index in [0.29, 0.717) is 12.2 Å². The second kappa shape index (κ2) is 8.14. The molecule has 0 bridgehead atoms. The number of amidine groups is 1. The predicted octanol–water partition coefficient (Wildman–Crippen LogP) is 2.07. The summed E-state index contributed by atoms with van der Waals surface area (Å²) in [6.45, 7) is 4.46. The average Bonchev–Trinajstić information content (AvgIpc) is 2.52. The Morgan fingerprint density at radius 3 is 2.57 bits per heavy atom. The van der Waals surface area contributed by atoms with Crippen LogP contribution in [0.3, 0.4) is 0 Å². The molecule has 0 fully saturated rings. The third kappa shape index (κ3) is 4.66. The molecule has 0 heterocycles. The lowest BCUT2D eigenvalue weighted by molar-refractivity contribution is 0.0776. The highest BCUT2D eigenvalue weighted by Gasteiger charge is 2.20. The van der Waals surface area contributed by atoms with Crippen LogP contribution in [0.4, 0.5) is 0 Å². The van der Waals surface area contributed by atoms with E-state index >= 15 is 0 Å². The van der Waals surface area contributed by atoms with Crippen LogP contribution in [0.25, 0.3) is 0 Å². The molecule has 1 aromatic carbocycles. The zero-order valence-electron chi connectivity index (χ0n) is 12.7. The predicted molar refractivity (Wildman–Crippen MR) is 81.8 cm³/mol. The van der Waals surface area contributed by atoms with Gasteiger partial charge in [0.1, 0.15) is 5.75 Å². The summed E-state index contributed by atoms with van der Waals surface area (Å²) in [6, 6.07) is 6.47. The first-order valence-electron chi connectivity index (χ1n) is 6.98. The van der Waals surface area contributed by atoms with E-state index in [4.69, 9.17) is 15.7 Å². The van der Waals surface area contributed by atoms with Crippen LogP contribution in [-0.4, -0.2) is 41.5 Å². The number of carbonyl (C=O) groups excluding carboxylic acids is 1. The van der Waals surface area contributed by atoms with Crippen LogP contribution < -0.4 is 10.5 Å². The molecular formula is C15H23N3O3. The molecule has 6 heteroatoms. The van der Waals surface area contributed by atoms with Crippen molar-refractivity contribution in [3.05, 3.63) is 29.8 Å². The normalized spacial score (nSPS) is 12.8. The zero-order valence-corrected chi connectivity index (χ0v) is 12.7. The number of nitrogens with two attached hydrogens (primary N) is 1. The van der Waals surface area contributed by atoms with Gasteiger partial charge < -0.3 is 20.6 Å². The fourth-order valence-electron chi connectivity index (χ4n) is 1.69. The van der Waals surface area contributed by atoms with Crippen molar-refractivity contribution >= 4 is 11.7 Å². The van der Waals surface area contributed by atoms with Crippen molar-refractivity contribution in [1.29, 1.82) is 0 Å². The lowest BCUT2D eigenvalue weighted by atomic mass is 10.1. The zero-order chi connectivity index (χ0) is 15.8. The topological polar surface area (TPSA) is 88.2 Å². The summed E-state index contributed by atoms with van der Waals surface area (Å²) in [5.74, 6) is 0.534. The van der Waals surface area contributed by atoms with E-state index in [9.17, 15) is 4.79 Å². The number of ether oxygens (including phenoxy) is 1. The Bertz CT molecular complexity index is 485. The van der Waals surface area contributed by atoms with Crippen molar-refractivity contribution in [3.63, 3.8) is 0 Å². The SMILES string of the molecule is CCCCOc1ccc(C(=O)N(C)C(C)C(N)=NO)cc1. The summed E-state index contributed by atoms with van der Waals surface area (Å²) < 4.78 is 5.55. The largest absolute Gasteiger partial charge is 0.494 e. The van der Waals surface area contributed by atoms with Gasteiger partial charge in [-0.05, 0) is 37.6 Å². The number of likely N-dealkylation sites (N-methyl/N-ethyl adjacent to an activating group) is 1. The number of unbranched alkanes of at least 4 members (excludes halogenated alkanes) is 1. The summed E-state index contributed by atoms with van der Waals surface area (Å²) in [4.78, 5) is 13.7. The summed E-state index contributed by atoms with van der Waals surface area (Å²) in [6.07, 6.45) is 2.08. The lowest BCUT2D eigenvalue weighted by Crippen LogP contribution is -2.43. The molecule has 0 radical (unpaired) electrons. The maximum atomic E-state index is 12.3. The van der Waals surface area contributed by atoms with Crippen LogP contribution in [-0.2, 0) is 0 Å². The molecule has 1 unspecified atom stereocenters. The monoisotopic (exact) mass is 293 g/mol. The van der Waals surface area contributed by atoms with E-state index in [-0.39, 0.29) is 11.7 Å². The summed E-state index contributed by atoms with van der Waals surface area (Å²) in [5, 5.41) is 11.6. The molecule has 116 valence electrons. The second-order valence-corrected chi connectivity index (χ2v) is 4.84. The number of carbonyl (C=O) groups is 1. The van der Waals surface area contributed by atoms with Crippen molar-refractivity contribution in [2.75, 3.05) is 13.7 Å². The fraction of sp³-hybridized carbons (Fsp3) is 0.467. The number of amides is 1. The Morgan fingerprint density at radius 1 is 1.43 bits per heavy atom. The van der Waals surface area contributed by atoms with Gasteiger partial charge in [-0.1, -0.05) is 18.5 Å². The molecule has 0 aliphatic carbocycles. The summed E-state index contributed by atoms with van der Waals surface area (Å²) >= 11 is 0. The first-order chi connectivity index (χ1) is 10.0. The maximum absolute atomic E-state index is 12.3. The molecule has 6 nitrogen and oxygen atoms in total. The van der Waals surface area contributed by atoms with Crippen LogP contribution in [0.2, 0.25) is 0 Å². The fourth-order valence-corrected chi connectivity index (χ4v) is 1.69. The standard InChI is InChI=1S/C15H23N3O3/c1-4-5-10-21-13-8-6-12(7-9-13)15(19)18(3)11(2)14(16)17-20/h6-9,11,20H,4-5,10H2,1-3H3,(H2,16,17). The first kappa shape index (κ1) is 16.8. The Kier molecular flexibility index (Phi) is 6.52. The van der Waals surface area contributed by atoms with Crippen molar-refractivity contribution in [3.8, 4) is 5.75 Å². The maximum Gasteiger partial charge on any atom is 0.254 e. The van der Waals surface area contributed by atoms with E-state index in [1.807, 2.05) is 0 Å². The minimum absolute atomic E-state index is 0.00892. The number of oxime groups is 1. The van der Waals surface area contributed by atoms with Gasteiger partial charge in [-0.3, -0.25) is 4.79 Å². The number of nitrogens with zero attached hydrogens (tertiary/aromatic N) is 2. The van der Waals surface area contributed by atoms with Crippen LogP contribution in [0.1, 0.15) is 37.0 Å². The van der Waals surface area contributed by atoms with E-state index in [1.165, 1.54) is 4.90 Å². The number of hydrogen-bond acceptors (Lipinski definition) is 4. The molecule has 0 aromatic heterocycles. The Balaban J connectivity index is 2.70. The molecule has 1 atom stereocenters. The molecule has 0 saturated heterocycles. The van der Waals surface area contributed by atoms with E-state index in [2.05, 4.69) is 12.1 Å². The van der Waals surface area contributed by atoms with E-state index < -0.39 is 6.04 Å². The van der Waals surface area contributed by atoms with Crippen LogP contribution in [0.15, 0.2) is 29.4 Å². The number of hydrogen-bond donors (Lipinski definition) is 2. The van der Waals surface area contributed by atoms with Gasteiger partial charge in [-0.25, -0.2) is 0 Å². The van der Waals surface area contributed by atoms with Crippen LogP contribution >= 0.6 is 0 Å². The molecule has 21 heavy (non-hydrogen) atoms. The van der Waals surface area contributed by atoms with Crippen molar-refractivity contribution < 1.29 is 14.7 Å². The van der Waals surface area contributed by atoms with Crippen molar-refractivity contribution in [2.45, 2.75) is 32.7 Å². The Hall–Kier alpha value is -2.24. The van der Waals surface area contributed by atoms with E-state index in [0.717, 1.165) is 18.6 Å². The molecule has 1 aromatic rings. The van der Waals surface area contributed by atoms with Gasteiger partial charge in [-0.15, -0.1) is 0 Å². The van der Waals surface area contributed by atoms with Gasteiger partial charge in [-0.2, -0.15) is 0 Å². The molecule has 0 spiro atoms. The van der Waals surface area contributed by atoms with Gasteiger partial charge in [0, 0.05) is 12.6 Å². The number of rotatable bonds is 7. The van der Waals surface area contributed by atoms with Gasteiger partial charge in [0.05, 0.1) is 12.6 Å². The highest BCUT2D eigenvalue weighted by Crippen LogP contribution is 2.14. The van der Waals surface area contributed by atoms with Crippen LogP contribution in [0.5, 0.6) is 5.75 Å². The summed E-state index contributed by atoms with van der Waals surface area (Å²) in [7, 11) is 1.61. The molecule has 0 saturated carbocycles. The molecule has 3 N–H and O–H groups in total. The van der Waals surface area contributed by atoms with Gasteiger partial charge >= 0.3 is 0 Å². The minimum atomic E-state index is -0.483. The molecule has 1 rings (SSSR count). The molecule has 1 amide bonds. The average molecular weight is 293 g/mol. The van der Waals surface area contributed by atoms with Crippen molar-refractivity contribution in [1.82, 2.24) is 4.90 Å². The van der Waals surface area contributed by atoms with Gasteiger partial charge in [0.25, 0.3) is 5.91 Å². The Morgan fingerprint density at radius 2 is 2.05 bits per heavy atom. The molecule has 0 aliphatic rings. The van der Waals surface area contributed by atoms with Gasteiger partial charge in [0.15, 0.2) is 5.84 Å². The first-order valence-corrected chi connectivity index (χ1v) is 6.98. The summed E-state index contributed by atoms with van der Waals surface area (Å²) in [5.41, 5.74) is 6.04. The third-order valence-electron chi connectivity index (χ3n) is 3.31. The number of benzene rings is 1. The molecular weight excluding hydrogens is 270 g/mol. The molecule has 0 aliphatic heterocycles. The quantitative estimate of drug-likeness (QED) is 0.265.